The first kappa shape index (κ1) is 10.9. The van der Waals surface area contributed by atoms with Gasteiger partial charge in [-0.3, -0.25) is 4.90 Å². The minimum Gasteiger partial charge on any atom is -0.395 e. The van der Waals surface area contributed by atoms with Crippen molar-refractivity contribution in [2.45, 2.75) is 13.5 Å². The summed E-state index contributed by atoms with van der Waals surface area (Å²) in [4.78, 5) is 10.3. The number of rotatable bonds is 4. The smallest absolute Gasteiger partial charge is 0.144 e. The van der Waals surface area contributed by atoms with E-state index in [1.54, 1.807) is 6.07 Å². The molecule has 0 aromatic carbocycles. The molecule has 0 saturated carbocycles. The summed E-state index contributed by atoms with van der Waals surface area (Å²) in [5.74, 6) is 1.18. The van der Waals surface area contributed by atoms with E-state index in [2.05, 4.69) is 9.97 Å². The Labute approximate surface area is 83.6 Å². The fourth-order valence-corrected chi connectivity index (χ4v) is 1.22. The van der Waals surface area contributed by atoms with Crippen molar-refractivity contribution in [2.24, 2.45) is 0 Å². The quantitative estimate of drug-likeness (QED) is 0.697. The zero-order valence-corrected chi connectivity index (χ0v) is 8.56. The molecule has 0 unspecified atom stereocenters. The van der Waals surface area contributed by atoms with Crippen LogP contribution in [0.3, 0.4) is 0 Å². The predicted molar refractivity (Wildman–Crippen MR) is 54.6 cm³/mol. The van der Waals surface area contributed by atoms with Gasteiger partial charge in [-0.05, 0) is 14.0 Å². The van der Waals surface area contributed by atoms with Gasteiger partial charge >= 0.3 is 0 Å². The van der Waals surface area contributed by atoms with Crippen LogP contribution in [-0.4, -0.2) is 40.2 Å². The Balaban J connectivity index is 2.66. The van der Waals surface area contributed by atoms with E-state index in [4.69, 9.17) is 10.8 Å². The summed E-state index contributed by atoms with van der Waals surface area (Å²) in [5.41, 5.74) is 6.46. The van der Waals surface area contributed by atoms with Gasteiger partial charge in [-0.15, -0.1) is 0 Å². The van der Waals surface area contributed by atoms with Gasteiger partial charge in [-0.25, -0.2) is 9.97 Å². The van der Waals surface area contributed by atoms with E-state index in [1.165, 1.54) is 0 Å². The number of nitrogens with zero attached hydrogens (tertiary/aromatic N) is 3. The maximum Gasteiger partial charge on any atom is 0.144 e. The summed E-state index contributed by atoms with van der Waals surface area (Å²) in [6.45, 7) is 3.23. The molecule has 0 aliphatic heterocycles. The van der Waals surface area contributed by atoms with Crippen LogP contribution in [0.4, 0.5) is 5.82 Å². The van der Waals surface area contributed by atoms with Crippen LogP contribution < -0.4 is 5.73 Å². The minimum atomic E-state index is 0.137. The van der Waals surface area contributed by atoms with Crippen molar-refractivity contribution in [2.75, 3.05) is 25.9 Å². The highest BCUT2D eigenvalue weighted by Crippen LogP contribution is 2.03. The molecule has 78 valence electrons. The van der Waals surface area contributed by atoms with Crippen LogP contribution in [0, 0.1) is 6.92 Å². The Kier molecular flexibility index (Phi) is 3.79. The first-order chi connectivity index (χ1) is 6.61. The number of likely N-dealkylation sites (N-methyl/N-ethyl adjacent to an activating group) is 1. The Bertz CT molecular complexity index is 283. The zero-order chi connectivity index (χ0) is 10.6. The van der Waals surface area contributed by atoms with Crippen molar-refractivity contribution in [3.05, 3.63) is 17.6 Å². The molecule has 0 atom stereocenters. The standard InChI is InChI=1S/C9H16N4O/c1-7-5-8(10)12-9(11-7)6-13(2)3-4-14/h5,14H,3-4,6H2,1-2H3,(H2,10,11,12). The normalized spacial score (nSPS) is 10.9. The first-order valence-corrected chi connectivity index (χ1v) is 4.51. The fraction of sp³-hybridized carbons (Fsp3) is 0.556. The molecule has 3 N–H and O–H groups in total. The largest absolute Gasteiger partial charge is 0.395 e. The summed E-state index contributed by atoms with van der Waals surface area (Å²) in [5, 5.41) is 8.72. The maximum atomic E-state index is 8.72. The van der Waals surface area contributed by atoms with Gasteiger partial charge in [-0.2, -0.15) is 0 Å². The Morgan fingerprint density at radius 1 is 1.50 bits per heavy atom. The van der Waals surface area contributed by atoms with E-state index in [0.717, 1.165) is 5.69 Å². The molecule has 5 heteroatoms. The lowest BCUT2D eigenvalue weighted by molar-refractivity contribution is 0.214. The number of nitrogen functional groups attached to an aromatic ring is 1. The molecule has 5 nitrogen and oxygen atoms in total. The number of aryl methyl sites for hydroxylation is 1. The van der Waals surface area contributed by atoms with Crippen LogP contribution >= 0.6 is 0 Å². The molecule has 0 bridgehead atoms. The van der Waals surface area contributed by atoms with Crippen molar-refractivity contribution in [1.82, 2.24) is 14.9 Å². The summed E-state index contributed by atoms with van der Waals surface area (Å²) in [6, 6.07) is 1.73. The lowest BCUT2D eigenvalue weighted by Crippen LogP contribution is -2.23. The fourth-order valence-electron chi connectivity index (χ4n) is 1.22. The average Bonchev–Trinajstić information content (AvgIpc) is 2.01. The van der Waals surface area contributed by atoms with Crippen molar-refractivity contribution in [3.8, 4) is 0 Å². The molecule has 0 radical (unpaired) electrons. The highest BCUT2D eigenvalue weighted by atomic mass is 16.3. The molecule has 0 aliphatic rings. The molecule has 0 saturated heterocycles. The summed E-state index contributed by atoms with van der Waals surface area (Å²) in [7, 11) is 1.90. The van der Waals surface area contributed by atoms with Gasteiger partial charge in [0.25, 0.3) is 0 Å². The Morgan fingerprint density at radius 3 is 2.79 bits per heavy atom. The molecule has 1 aromatic rings. The number of anilines is 1. The molecular formula is C9H16N4O. The summed E-state index contributed by atoms with van der Waals surface area (Å²) < 4.78 is 0. The van der Waals surface area contributed by atoms with Crippen LogP contribution in [0.1, 0.15) is 11.5 Å². The Hall–Kier alpha value is -1.20. The Morgan fingerprint density at radius 2 is 2.21 bits per heavy atom. The van der Waals surface area contributed by atoms with Crippen molar-refractivity contribution >= 4 is 5.82 Å². The number of nitrogens with two attached hydrogens (primary N) is 1. The highest BCUT2D eigenvalue weighted by Gasteiger charge is 2.03. The van der Waals surface area contributed by atoms with E-state index in [9.17, 15) is 0 Å². The molecule has 0 amide bonds. The highest BCUT2D eigenvalue weighted by molar-refractivity contribution is 5.29. The third-order valence-electron chi connectivity index (χ3n) is 1.81. The number of aliphatic hydroxyl groups excluding tert-OH is 1. The molecule has 14 heavy (non-hydrogen) atoms. The van der Waals surface area contributed by atoms with Crippen molar-refractivity contribution in [3.63, 3.8) is 0 Å². The SMILES string of the molecule is Cc1cc(N)nc(CN(C)CCO)n1. The molecule has 0 aliphatic carbocycles. The molecule has 0 spiro atoms. The van der Waals surface area contributed by atoms with Gasteiger partial charge < -0.3 is 10.8 Å². The van der Waals surface area contributed by atoms with E-state index in [0.29, 0.717) is 24.7 Å². The van der Waals surface area contributed by atoms with Crippen LogP contribution in [-0.2, 0) is 6.54 Å². The second kappa shape index (κ2) is 4.88. The summed E-state index contributed by atoms with van der Waals surface area (Å²) in [6.07, 6.45) is 0. The van der Waals surface area contributed by atoms with Crippen molar-refractivity contribution in [1.29, 1.82) is 0 Å². The van der Waals surface area contributed by atoms with Crippen LogP contribution in [0.5, 0.6) is 0 Å². The van der Waals surface area contributed by atoms with Gasteiger partial charge in [0.05, 0.1) is 13.2 Å². The minimum absolute atomic E-state index is 0.137. The lowest BCUT2D eigenvalue weighted by Gasteiger charge is -2.13. The van der Waals surface area contributed by atoms with Crippen LogP contribution in [0.25, 0.3) is 0 Å². The lowest BCUT2D eigenvalue weighted by atomic mass is 10.4. The second-order valence-corrected chi connectivity index (χ2v) is 3.31. The topological polar surface area (TPSA) is 75.3 Å². The number of aromatic nitrogens is 2. The molecule has 0 fully saturated rings. The summed E-state index contributed by atoms with van der Waals surface area (Å²) >= 11 is 0. The zero-order valence-electron chi connectivity index (χ0n) is 8.56. The van der Waals surface area contributed by atoms with Crippen LogP contribution in [0.2, 0.25) is 0 Å². The molecule has 1 heterocycles. The van der Waals surface area contributed by atoms with Crippen molar-refractivity contribution < 1.29 is 5.11 Å². The predicted octanol–water partition coefficient (Wildman–Crippen LogP) is -0.209. The molecule has 1 aromatic heterocycles. The van der Waals surface area contributed by atoms with E-state index < -0.39 is 0 Å². The molecular weight excluding hydrogens is 180 g/mol. The van der Waals surface area contributed by atoms with Gasteiger partial charge in [0.2, 0.25) is 0 Å². The third-order valence-corrected chi connectivity index (χ3v) is 1.81. The van der Waals surface area contributed by atoms with Gasteiger partial charge in [0, 0.05) is 18.3 Å². The first-order valence-electron chi connectivity index (χ1n) is 4.51. The van der Waals surface area contributed by atoms with E-state index >= 15 is 0 Å². The van der Waals surface area contributed by atoms with Gasteiger partial charge in [0.15, 0.2) is 0 Å². The van der Waals surface area contributed by atoms with Crippen LogP contribution in [0.15, 0.2) is 6.07 Å². The average molecular weight is 196 g/mol. The van der Waals surface area contributed by atoms with Gasteiger partial charge in [0.1, 0.15) is 11.6 Å². The number of hydrogen-bond acceptors (Lipinski definition) is 5. The number of hydrogen-bond donors (Lipinski definition) is 2. The van der Waals surface area contributed by atoms with E-state index in [-0.39, 0.29) is 6.61 Å². The van der Waals surface area contributed by atoms with E-state index in [1.807, 2.05) is 18.9 Å². The number of aliphatic hydroxyl groups is 1. The monoisotopic (exact) mass is 196 g/mol. The maximum absolute atomic E-state index is 8.72. The van der Waals surface area contributed by atoms with Gasteiger partial charge in [-0.1, -0.05) is 0 Å². The second-order valence-electron chi connectivity index (χ2n) is 3.31. The molecule has 1 rings (SSSR count). The third kappa shape index (κ3) is 3.27.